The normalized spacial score (nSPS) is 16.2. The Morgan fingerprint density at radius 1 is 0.770 bits per heavy atom. The van der Waals surface area contributed by atoms with Gasteiger partial charge in [-0.25, -0.2) is 9.18 Å². The SMILES string of the molecule is C[C@H](NC(=O)[C@@H](NC(=O)[C@@H](N)CCCCN)[C@@H](O)CN)C(=O)NCC(=O)N[C@H](CCCN)C(=O)N1CCC[C@H]1C(=O)NC(Cc1ccc(F)cc1)C(=O)N[C@@H](CCCCN)C(=O)N/C(=C\CCN=C(N)N)C(=O)O. The summed E-state index contributed by atoms with van der Waals surface area (Å²) in [5.41, 5.74) is 39.0. The molecule has 0 spiro atoms. The predicted octanol–water partition coefficient (Wildman–Crippen LogP) is -5.69. The number of amides is 8. The fourth-order valence-electron chi connectivity index (χ4n) is 7.57. The third-order valence-corrected chi connectivity index (χ3v) is 11.7. The molecule has 1 unspecified atom stereocenters. The van der Waals surface area contributed by atoms with Gasteiger partial charge in [0.25, 0.3) is 0 Å². The molecule has 0 aliphatic carbocycles. The number of unbranched alkanes of at least 4 members (excludes halogenated alkanes) is 2. The van der Waals surface area contributed by atoms with Crippen molar-refractivity contribution in [2.45, 2.75) is 132 Å². The Hall–Kier alpha value is -6.85. The number of benzene rings is 1. The second-order valence-electron chi connectivity index (χ2n) is 17.6. The molecule has 27 nitrogen and oxygen atoms in total. The van der Waals surface area contributed by atoms with Gasteiger partial charge < -0.3 is 92.5 Å². The summed E-state index contributed by atoms with van der Waals surface area (Å²) in [6.45, 7) is 1.06. The molecule has 1 aromatic rings. The Balaban J connectivity index is 2.25. The van der Waals surface area contributed by atoms with Gasteiger partial charge in [0.05, 0.1) is 18.7 Å². The van der Waals surface area contributed by atoms with Crippen molar-refractivity contribution in [3.8, 4) is 0 Å². The molecular formula is C46H77FN16O11. The van der Waals surface area contributed by atoms with Crippen molar-refractivity contribution in [2.75, 3.05) is 45.8 Å². The van der Waals surface area contributed by atoms with Crippen molar-refractivity contribution in [3.63, 3.8) is 0 Å². The minimum Gasteiger partial charge on any atom is -0.477 e. The van der Waals surface area contributed by atoms with E-state index in [9.17, 15) is 57.8 Å². The maximum atomic E-state index is 14.2. The van der Waals surface area contributed by atoms with E-state index in [1.54, 1.807) is 0 Å². The molecule has 28 heteroatoms. The highest BCUT2D eigenvalue weighted by atomic mass is 19.1. The number of rotatable bonds is 34. The fourth-order valence-corrected chi connectivity index (χ4v) is 7.57. The topological polar surface area (TPSA) is 476 Å². The van der Waals surface area contributed by atoms with Gasteiger partial charge in [-0.15, -0.1) is 0 Å². The Morgan fingerprint density at radius 2 is 1.41 bits per heavy atom. The van der Waals surface area contributed by atoms with Gasteiger partial charge in [0.1, 0.15) is 47.8 Å². The number of nitrogens with two attached hydrogens (primary N) is 7. The van der Waals surface area contributed by atoms with Gasteiger partial charge in [0.15, 0.2) is 5.96 Å². The molecule has 1 fully saturated rings. The van der Waals surface area contributed by atoms with Crippen LogP contribution in [0.4, 0.5) is 4.39 Å². The van der Waals surface area contributed by atoms with E-state index in [2.05, 4.69) is 42.2 Å². The number of guanidine groups is 1. The molecule has 2 rings (SSSR count). The highest BCUT2D eigenvalue weighted by Crippen LogP contribution is 2.21. The summed E-state index contributed by atoms with van der Waals surface area (Å²) in [7, 11) is 0. The second-order valence-corrected chi connectivity index (χ2v) is 17.6. The Morgan fingerprint density at radius 3 is 2.01 bits per heavy atom. The fraction of sp³-hybridized carbons (Fsp3) is 0.609. The van der Waals surface area contributed by atoms with Crippen LogP contribution in [0.5, 0.6) is 0 Å². The summed E-state index contributed by atoms with van der Waals surface area (Å²) in [4.78, 5) is 125. The van der Waals surface area contributed by atoms with Crippen LogP contribution in [0.25, 0.3) is 0 Å². The number of carbonyl (C=O) groups excluding carboxylic acids is 8. The van der Waals surface area contributed by atoms with Crippen molar-refractivity contribution in [1.82, 2.24) is 42.1 Å². The van der Waals surface area contributed by atoms with Crippen LogP contribution in [0, 0.1) is 5.82 Å². The first-order valence-electron chi connectivity index (χ1n) is 24.5. The number of nitrogens with one attached hydrogen (secondary N) is 7. The zero-order valence-corrected chi connectivity index (χ0v) is 41.8. The molecule has 0 aromatic heterocycles. The van der Waals surface area contributed by atoms with Crippen molar-refractivity contribution >= 4 is 59.2 Å². The molecule has 1 aliphatic heterocycles. The smallest absolute Gasteiger partial charge is 0.352 e. The van der Waals surface area contributed by atoms with Crippen LogP contribution in [0.2, 0.25) is 0 Å². The van der Waals surface area contributed by atoms with E-state index in [1.165, 1.54) is 30.0 Å². The lowest BCUT2D eigenvalue weighted by Gasteiger charge is -2.30. The number of carboxylic acids is 1. The van der Waals surface area contributed by atoms with Gasteiger partial charge in [-0.3, -0.25) is 43.3 Å². The van der Waals surface area contributed by atoms with Gasteiger partial charge in [-0.2, -0.15) is 0 Å². The number of hydrogen-bond donors (Lipinski definition) is 16. The standard InChI is InChI=1S/C46H77FN16O11/c1-26(57-43(71)37(35(64)24-51)62-39(67)29(52)9-2-4-18-48)38(66)56-25-36(65)58-31(11-6-20-50)44(72)63-22-8-13-34(63)42(70)61-33(23-27-14-16-28(47)17-15-27)41(69)59-30(10-3-5-19-49)40(68)60-32(45(73)74)12-7-21-55-46(53)54/h12,14-17,26,29-31,33-35,37,64H,2-11,13,18-25,48-52H2,1H3,(H,56,66)(H,57,71)(H,58,65)(H,59,69)(H,60,68)(H,61,70)(H,62,67)(H,73,74)(H4,53,54,55)/b32-12-/t26-,29-,30-,31+,33?,34-,35-,37-/m0/s1. The maximum Gasteiger partial charge on any atom is 0.352 e. The van der Waals surface area contributed by atoms with Crippen molar-refractivity contribution < 1.29 is 57.8 Å². The van der Waals surface area contributed by atoms with Gasteiger partial charge in [-0.1, -0.05) is 24.6 Å². The molecule has 414 valence electrons. The Kier molecular flexibility index (Phi) is 28.9. The summed E-state index contributed by atoms with van der Waals surface area (Å²) >= 11 is 0. The first-order valence-corrected chi connectivity index (χ1v) is 24.5. The Labute approximate surface area is 428 Å². The van der Waals surface area contributed by atoms with Crippen LogP contribution in [-0.2, 0) is 49.6 Å². The van der Waals surface area contributed by atoms with Gasteiger partial charge in [0, 0.05) is 26.1 Å². The maximum absolute atomic E-state index is 14.2. The number of nitrogens with zero attached hydrogens (tertiary/aromatic N) is 2. The molecule has 23 N–H and O–H groups in total. The quantitative estimate of drug-likeness (QED) is 0.0132. The van der Waals surface area contributed by atoms with Gasteiger partial charge >= 0.3 is 5.97 Å². The van der Waals surface area contributed by atoms with Crippen molar-refractivity contribution in [3.05, 3.63) is 47.4 Å². The number of aliphatic imine (C=N–C) groups is 1. The van der Waals surface area contributed by atoms with Crippen LogP contribution in [0.3, 0.4) is 0 Å². The minimum absolute atomic E-state index is 0.0151. The van der Waals surface area contributed by atoms with E-state index in [1.807, 2.05) is 0 Å². The number of hydrogen-bond acceptors (Lipinski definition) is 16. The van der Waals surface area contributed by atoms with Crippen molar-refractivity contribution in [2.24, 2.45) is 45.1 Å². The molecule has 0 radical (unpaired) electrons. The molecule has 1 aliphatic rings. The zero-order chi connectivity index (χ0) is 55.3. The summed E-state index contributed by atoms with van der Waals surface area (Å²) in [6, 6.07) is -3.93. The highest BCUT2D eigenvalue weighted by Gasteiger charge is 2.39. The van der Waals surface area contributed by atoms with Crippen LogP contribution < -0.4 is 77.4 Å². The number of carboxylic acid groups (broad SMARTS) is 1. The summed E-state index contributed by atoms with van der Waals surface area (Å²) in [5, 5.41) is 37.4. The first kappa shape index (κ1) is 63.3. The number of aliphatic carboxylic acids is 1. The summed E-state index contributed by atoms with van der Waals surface area (Å²) < 4.78 is 13.9. The number of halogens is 1. The van der Waals surface area contributed by atoms with Crippen LogP contribution in [-0.4, -0.2) is 169 Å². The Bertz CT molecular complexity index is 2100. The lowest BCUT2D eigenvalue weighted by Crippen LogP contribution is -2.60. The van der Waals surface area contributed by atoms with E-state index < -0.39 is 126 Å². The van der Waals surface area contributed by atoms with E-state index >= 15 is 0 Å². The molecule has 8 atom stereocenters. The molecule has 74 heavy (non-hydrogen) atoms. The number of aliphatic hydroxyl groups is 1. The van der Waals surface area contributed by atoms with E-state index in [-0.39, 0.29) is 77.1 Å². The summed E-state index contributed by atoms with van der Waals surface area (Å²) in [5.74, 6) is -8.81. The first-order chi connectivity index (χ1) is 35.2. The van der Waals surface area contributed by atoms with Crippen LogP contribution >= 0.6 is 0 Å². The van der Waals surface area contributed by atoms with Crippen LogP contribution in [0.1, 0.15) is 83.1 Å². The monoisotopic (exact) mass is 1050 g/mol. The average Bonchev–Trinajstić information content (AvgIpc) is 3.87. The highest BCUT2D eigenvalue weighted by molar-refractivity contribution is 5.99. The zero-order valence-electron chi connectivity index (χ0n) is 41.8. The largest absolute Gasteiger partial charge is 0.477 e. The summed E-state index contributed by atoms with van der Waals surface area (Å²) in [6.07, 6.45) is 2.47. The van der Waals surface area contributed by atoms with Gasteiger partial charge in [0.2, 0.25) is 47.3 Å². The molecule has 1 aromatic carbocycles. The third-order valence-electron chi connectivity index (χ3n) is 11.7. The molecule has 8 amide bonds. The van der Waals surface area contributed by atoms with E-state index in [0.29, 0.717) is 44.2 Å². The average molecular weight is 1050 g/mol. The predicted molar refractivity (Wildman–Crippen MR) is 269 cm³/mol. The number of aliphatic hydroxyl groups excluding tert-OH is 1. The molecular weight excluding hydrogens is 972 g/mol. The third kappa shape index (κ3) is 22.5. The lowest BCUT2D eigenvalue weighted by molar-refractivity contribution is -0.142. The molecule has 1 heterocycles. The van der Waals surface area contributed by atoms with E-state index in [0.717, 1.165) is 12.1 Å². The minimum atomic E-state index is -1.57. The second kappa shape index (κ2) is 33.8. The van der Waals surface area contributed by atoms with E-state index in [4.69, 9.17) is 40.1 Å². The molecule has 0 saturated carbocycles. The van der Waals surface area contributed by atoms with Gasteiger partial charge in [-0.05, 0) is 108 Å². The van der Waals surface area contributed by atoms with Crippen LogP contribution in [0.15, 0.2) is 41.0 Å². The number of likely N-dealkylation sites (tertiary alicyclic amines) is 1. The number of carbonyl (C=O) groups is 9. The van der Waals surface area contributed by atoms with Crippen molar-refractivity contribution in [1.29, 1.82) is 0 Å². The molecule has 1 saturated heterocycles. The lowest BCUT2D eigenvalue weighted by atomic mass is 10.0. The molecule has 0 bridgehead atoms.